The number of hydrogen-bond acceptors (Lipinski definition) is 7. The maximum absolute atomic E-state index is 13.0. The van der Waals surface area contributed by atoms with Gasteiger partial charge in [0.1, 0.15) is 5.76 Å². The molecule has 0 unspecified atom stereocenters. The normalized spacial score (nSPS) is 15.1. The largest absolute Gasteiger partial charge is 0.468 e. The van der Waals surface area contributed by atoms with Gasteiger partial charge in [-0.05, 0) is 61.0 Å². The highest BCUT2D eigenvalue weighted by atomic mass is 32.2. The Labute approximate surface area is 204 Å². The smallest absolute Gasteiger partial charge is 0.255 e. The van der Waals surface area contributed by atoms with E-state index in [2.05, 4.69) is 10.0 Å². The van der Waals surface area contributed by atoms with Gasteiger partial charge in [-0.3, -0.25) is 4.79 Å². The van der Waals surface area contributed by atoms with Crippen LogP contribution in [0.25, 0.3) is 0 Å². The lowest BCUT2D eigenvalue weighted by atomic mass is 10.1. The van der Waals surface area contributed by atoms with Gasteiger partial charge in [0.05, 0.1) is 35.8 Å². The number of morpholine rings is 1. The number of sulfonamides is 2. The zero-order chi connectivity index (χ0) is 25.1. The third-order valence-electron chi connectivity index (χ3n) is 5.51. The van der Waals surface area contributed by atoms with Crippen LogP contribution in [0.5, 0.6) is 0 Å². The highest BCUT2D eigenvalue weighted by Gasteiger charge is 2.27. The Morgan fingerprint density at radius 1 is 0.971 bits per heavy atom. The predicted molar refractivity (Wildman–Crippen MR) is 128 cm³/mol. The molecule has 0 bridgehead atoms. The number of aryl methyl sites for hydroxylation is 1. The van der Waals surface area contributed by atoms with Crippen LogP contribution in [0.3, 0.4) is 0 Å². The molecule has 1 saturated heterocycles. The van der Waals surface area contributed by atoms with Crippen molar-refractivity contribution >= 4 is 31.6 Å². The van der Waals surface area contributed by atoms with E-state index in [-0.39, 0.29) is 35.0 Å². The highest BCUT2D eigenvalue weighted by Crippen LogP contribution is 2.24. The van der Waals surface area contributed by atoms with E-state index in [9.17, 15) is 21.6 Å². The fourth-order valence-corrected chi connectivity index (χ4v) is 5.90. The molecule has 2 N–H and O–H groups in total. The third kappa shape index (κ3) is 5.80. The van der Waals surface area contributed by atoms with Crippen LogP contribution in [0.1, 0.15) is 21.7 Å². The van der Waals surface area contributed by atoms with Crippen LogP contribution in [0.15, 0.2) is 75.1 Å². The van der Waals surface area contributed by atoms with Crippen molar-refractivity contribution in [1.82, 2.24) is 9.03 Å². The van der Waals surface area contributed by atoms with E-state index < -0.39 is 26.0 Å². The van der Waals surface area contributed by atoms with Crippen molar-refractivity contribution in [3.8, 4) is 0 Å². The van der Waals surface area contributed by atoms with Crippen LogP contribution in [-0.2, 0) is 31.3 Å². The van der Waals surface area contributed by atoms with E-state index in [1.165, 1.54) is 47.0 Å². The van der Waals surface area contributed by atoms with Gasteiger partial charge in [0.15, 0.2) is 0 Å². The molecule has 1 aromatic heterocycles. The molecule has 2 heterocycles. The van der Waals surface area contributed by atoms with E-state index >= 15 is 0 Å². The molecule has 1 aliphatic rings. The molecular weight excluding hydrogens is 494 g/mol. The molecule has 3 aromatic rings. The van der Waals surface area contributed by atoms with Crippen LogP contribution < -0.4 is 10.0 Å². The predicted octanol–water partition coefficient (Wildman–Crippen LogP) is 2.34. The Bertz CT molecular complexity index is 1400. The summed E-state index contributed by atoms with van der Waals surface area (Å²) in [6, 6.07) is 13.3. The van der Waals surface area contributed by atoms with Crippen molar-refractivity contribution in [2.75, 3.05) is 31.6 Å². The van der Waals surface area contributed by atoms with Crippen molar-refractivity contribution in [3.63, 3.8) is 0 Å². The van der Waals surface area contributed by atoms with Crippen molar-refractivity contribution in [3.05, 3.63) is 77.7 Å². The topological polar surface area (TPSA) is 135 Å². The van der Waals surface area contributed by atoms with Gasteiger partial charge >= 0.3 is 0 Å². The van der Waals surface area contributed by atoms with Crippen LogP contribution in [0.4, 0.5) is 5.69 Å². The molecule has 10 nitrogen and oxygen atoms in total. The minimum absolute atomic E-state index is 0.000545. The van der Waals surface area contributed by atoms with Crippen molar-refractivity contribution < 1.29 is 30.8 Å². The standard InChI is InChI=1S/C23H25N3O7S2/c1-17-4-7-21(35(30,31)26-10-13-32-14-11-26)15-22(17)25-23(27)18-5-8-20(9-6-18)34(28,29)24-16-19-3-2-12-33-19/h2-9,12,15,24H,10-11,13-14,16H2,1H3,(H,25,27). The van der Waals surface area contributed by atoms with Gasteiger partial charge in [-0.15, -0.1) is 0 Å². The van der Waals surface area contributed by atoms with Gasteiger partial charge in [-0.1, -0.05) is 6.07 Å². The second kappa shape index (κ2) is 10.3. The number of carbonyl (C=O) groups excluding carboxylic acids is 1. The highest BCUT2D eigenvalue weighted by molar-refractivity contribution is 7.89. The summed E-state index contributed by atoms with van der Waals surface area (Å²) in [6.45, 7) is 2.95. The SMILES string of the molecule is Cc1ccc(S(=O)(=O)N2CCOCC2)cc1NC(=O)c1ccc(S(=O)(=O)NCc2ccco2)cc1. The third-order valence-corrected chi connectivity index (χ3v) is 8.82. The Kier molecular flexibility index (Phi) is 7.38. The first-order chi connectivity index (χ1) is 16.7. The fourth-order valence-electron chi connectivity index (χ4n) is 3.47. The quantitative estimate of drug-likeness (QED) is 0.466. The zero-order valence-electron chi connectivity index (χ0n) is 18.9. The molecule has 0 spiro atoms. The van der Waals surface area contributed by atoms with Crippen LogP contribution in [-0.4, -0.2) is 53.4 Å². The van der Waals surface area contributed by atoms with Gasteiger partial charge in [0.25, 0.3) is 5.91 Å². The van der Waals surface area contributed by atoms with Gasteiger partial charge in [-0.2, -0.15) is 4.31 Å². The summed E-state index contributed by atoms with van der Waals surface area (Å²) in [7, 11) is -7.52. The number of ether oxygens (including phenoxy) is 1. The first kappa shape index (κ1) is 25.1. The summed E-state index contributed by atoms with van der Waals surface area (Å²) < 4.78 is 65.0. The first-order valence-corrected chi connectivity index (χ1v) is 13.7. The lowest BCUT2D eigenvalue weighted by molar-refractivity contribution is 0.0730. The van der Waals surface area contributed by atoms with Crippen molar-refractivity contribution in [2.45, 2.75) is 23.3 Å². The number of benzene rings is 2. The molecule has 0 aliphatic carbocycles. The molecule has 0 saturated carbocycles. The number of furan rings is 1. The Morgan fingerprint density at radius 2 is 1.66 bits per heavy atom. The summed E-state index contributed by atoms with van der Waals surface area (Å²) in [4.78, 5) is 12.9. The summed E-state index contributed by atoms with van der Waals surface area (Å²) in [5.41, 5.74) is 1.25. The van der Waals surface area contributed by atoms with Gasteiger partial charge in [0.2, 0.25) is 20.0 Å². The molecule has 0 radical (unpaired) electrons. The number of hydrogen-bond donors (Lipinski definition) is 2. The second-order valence-electron chi connectivity index (χ2n) is 7.88. The molecule has 0 atom stereocenters. The van der Waals surface area contributed by atoms with E-state index in [0.29, 0.717) is 30.2 Å². The molecule has 4 rings (SSSR count). The molecule has 1 amide bonds. The first-order valence-electron chi connectivity index (χ1n) is 10.8. The molecular formula is C23H25N3O7S2. The molecule has 1 fully saturated rings. The van der Waals surface area contributed by atoms with Crippen LogP contribution in [0.2, 0.25) is 0 Å². The van der Waals surface area contributed by atoms with Crippen molar-refractivity contribution in [1.29, 1.82) is 0 Å². The number of rotatable bonds is 8. The summed E-state index contributed by atoms with van der Waals surface area (Å²) in [6.07, 6.45) is 1.45. The number of nitrogens with zero attached hydrogens (tertiary/aromatic N) is 1. The average Bonchev–Trinajstić information content (AvgIpc) is 3.38. The van der Waals surface area contributed by atoms with Gasteiger partial charge in [0, 0.05) is 24.3 Å². The molecule has 1 aliphatic heterocycles. The van der Waals surface area contributed by atoms with Crippen molar-refractivity contribution in [2.24, 2.45) is 0 Å². The fraction of sp³-hybridized carbons (Fsp3) is 0.261. The lowest BCUT2D eigenvalue weighted by Crippen LogP contribution is -2.40. The minimum Gasteiger partial charge on any atom is -0.468 e. The molecule has 12 heteroatoms. The van der Waals surface area contributed by atoms with E-state index in [1.54, 1.807) is 25.1 Å². The number of nitrogens with one attached hydrogen (secondary N) is 2. The average molecular weight is 520 g/mol. The minimum atomic E-state index is -3.80. The van der Waals surface area contributed by atoms with E-state index in [1.807, 2.05) is 0 Å². The van der Waals surface area contributed by atoms with Crippen LogP contribution in [0, 0.1) is 6.92 Å². The zero-order valence-corrected chi connectivity index (χ0v) is 20.6. The number of amides is 1. The molecule has 35 heavy (non-hydrogen) atoms. The van der Waals surface area contributed by atoms with Gasteiger partial charge in [-0.25, -0.2) is 21.6 Å². The summed E-state index contributed by atoms with van der Waals surface area (Å²) in [5.74, 6) is -0.0284. The Hall–Kier alpha value is -3.03. The number of carbonyl (C=O) groups is 1. The summed E-state index contributed by atoms with van der Waals surface area (Å²) in [5, 5.41) is 2.72. The maximum atomic E-state index is 13.0. The summed E-state index contributed by atoms with van der Waals surface area (Å²) >= 11 is 0. The molecule has 186 valence electrons. The second-order valence-corrected chi connectivity index (χ2v) is 11.6. The van der Waals surface area contributed by atoms with Crippen LogP contribution >= 0.6 is 0 Å². The molecule has 2 aromatic carbocycles. The Morgan fingerprint density at radius 3 is 2.31 bits per heavy atom. The number of anilines is 1. The van der Waals surface area contributed by atoms with E-state index in [0.717, 1.165) is 0 Å². The maximum Gasteiger partial charge on any atom is 0.255 e. The Balaban J connectivity index is 1.47. The van der Waals surface area contributed by atoms with Gasteiger partial charge < -0.3 is 14.5 Å². The lowest BCUT2D eigenvalue weighted by Gasteiger charge is -2.26. The monoisotopic (exact) mass is 519 g/mol. The van der Waals surface area contributed by atoms with E-state index in [4.69, 9.17) is 9.15 Å².